The summed E-state index contributed by atoms with van der Waals surface area (Å²) in [5, 5.41) is 3.01. The predicted octanol–water partition coefficient (Wildman–Crippen LogP) is 3.18. The van der Waals surface area contributed by atoms with Crippen LogP contribution in [0.15, 0.2) is 0 Å². The second kappa shape index (κ2) is 6.91. The molecule has 0 saturated heterocycles. The number of carbonyl (C=O) groups is 2. The third kappa shape index (κ3) is 6.77. The molecule has 0 aromatic heterocycles. The van der Waals surface area contributed by atoms with Crippen LogP contribution in [0.2, 0.25) is 0 Å². The third-order valence-corrected chi connectivity index (χ3v) is 3.02. The maximum atomic E-state index is 12.3. The maximum absolute atomic E-state index is 12.3. The Labute approximate surface area is 112 Å². The van der Waals surface area contributed by atoms with E-state index in [1.165, 1.54) is 0 Å². The van der Waals surface area contributed by atoms with Crippen molar-refractivity contribution in [3.8, 4) is 0 Å². The number of ketones is 1. The Hall–Kier alpha value is -0.860. The molecule has 18 heavy (non-hydrogen) atoms. The second-order valence-corrected chi connectivity index (χ2v) is 6.73. The first-order chi connectivity index (χ1) is 8.05. The van der Waals surface area contributed by atoms with Gasteiger partial charge in [0.1, 0.15) is 5.78 Å². The van der Waals surface area contributed by atoms with Crippen LogP contribution in [0.25, 0.3) is 0 Å². The highest BCUT2D eigenvalue weighted by Gasteiger charge is 2.29. The van der Waals surface area contributed by atoms with Crippen molar-refractivity contribution in [2.75, 3.05) is 0 Å². The lowest BCUT2D eigenvalue weighted by molar-refractivity contribution is -0.129. The Bertz CT molecular complexity index is 293. The van der Waals surface area contributed by atoms with E-state index < -0.39 is 5.54 Å². The Morgan fingerprint density at radius 3 is 1.94 bits per heavy atom. The highest BCUT2D eigenvalue weighted by molar-refractivity contribution is 5.82. The topological polar surface area (TPSA) is 46.2 Å². The zero-order valence-corrected chi connectivity index (χ0v) is 13.0. The average Bonchev–Trinajstić information content (AvgIpc) is 2.09. The molecule has 0 fully saturated rings. The molecule has 0 spiro atoms. The van der Waals surface area contributed by atoms with Crippen molar-refractivity contribution in [1.82, 2.24) is 5.32 Å². The third-order valence-electron chi connectivity index (χ3n) is 3.02. The highest BCUT2D eigenvalue weighted by Crippen LogP contribution is 2.22. The zero-order valence-electron chi connectivity index (χ0n) is 13.0. The summed E-state index contributed by atoms with van der Waals surface area (Å²) in [6.45, 7) is 13.8. The summed E-state index contributed by atoms with van der Waals surface area (Å²) in [6, 6.07) is 0. The van der Waals surface area contributed by atoms with Crippen molar-refractivity contribution in [3.63, 3.8) is 0 Å². The molecule has 0 radical (unpaired) electrons. The molecule has 0 saturated carbocycles. The van der Waals surface area contributed by atoms with Gasteiger partial charge in [0.05, 0.1) is 0 Å². The van der Waals surface area contributed by atoms with Gasteiger partial charge >= 0.3 is 0 Å². The number of hydrogen-bond donors (Lipinski definition) is 1. The standard InChI is InChI=1S/C15H29NO2/c1-10(2)8-13(11(3)4)14(18)16-15(6,7)9-12(5)17/h10-11,13H,8-9H2,1-7H3,(H,16,18). The van der Waals surface area contributed by atoms with Crippen molar-refractivity contribution in [2.45, 2.75) is 66.8 Å². The lowest BCUT2D eigenvalue weighted by atomic mass is 9.85. The molecule has 0 bridgehead atoms. The summed E-state index contributed by atoms with van der Waals surface area (Å²) >= 11 is 0. The number of carbonyl (C=O) groups excluding carboxylic acids is 2. The zero-order chi connectivity index (χ0) is 14.5. The molecule has 0 aromatic rings. The molecule has 3 heteroatoms. The van der Waals surface area contributed by atoms with E-state index in [0.717, 1.165) is 6.42 Å². The summed E-state index contributed by atoms with van der Waals surface area (Å²) in [5.41, 5.74) is -0.451. The fourth-order valence-electron chi connectivity index (χ4n) is 2.28. The quantitative estimate of drug-likeness (QED) is 0.759. The Morgan fingerprint density at radius 1 is 1.11 bits per heavy atom. The van der Waals surface area contributed by atoms with Crippen LogP contribution in [-0.4, -0.2) is 17.2 Å². The minimum Gasteiger partial charge on any atom is -0.351 e. The normalized spacial score (nSPS) is 13.8. The van der Waals surface area contributed by atoms with Crippen molar-refractivity contribution in [2.24, 2.45) is 17.8 Å². The van der Waals surface area contributed by atoms with Gasteiger partial charge in [-0.25, -0.2) is 0 Å². The highest BCUT2D eigenvalue weighted by atomic mass is 16.2. The van der Waals surface area contributed by atoms with Gasteiger partial charge in [-0.1, -0.05) is 27.7 Å². The van der Waals surface area contributed by atoms with E-state index in [4.69, 9.17) is 0 Å². The maximum Gasteiger partial charge on any atom is 0.223 e. The molecule has 0 rings (SSSR count). The summed E-state index contributed by atoms with van der Waals surface area (Å²) in [5.74, 6) is 1.02. The van der Waals surface area contributed by atoms with E-state index in [1.807, 2.05) is 13.8 Å². The molecule has 0 aliphatic heterocycles. The van der Waals surface area contributed by atoms with E-state index in [2.05, 4.69) is 33.0 Å². The first-order valence-corrected chi connectivity index (χ1v) is 6.86. The Kier molecular flexibility index (Phi) is 6.58. The summed E-state index contributed by atoms with van der Waals surface area (Å²) in [6.07, 6.45) is 1.27. The first-order valence-electron chi connectivity index (χ1n) is 6.86. The number of Topliss-reactive ketones (excluding diaryl/α,β-unsaturated/α-hetero) is 1. The van der Waals surface area contributed by atoms with Crippen molar-refractivity contribution < 1.29 is 9.59 Å². The predicted molar refractivity (Wildman–Crippen MR) is 75.3 cm³/mol. The number of rotatable bonds is 7. The van der Waals surface area contributed by atoms with Crippen LogP contribution in [0, 0.1) is 17.8 Å². The van der Waals surface area contributed by atoms with Gasteiger partial charge in [0, 0.05) is 17.9 Å². The fourth-order valence-corrected chi connectivity index (χ4v) is 2.28. The van der Waals surface area contributed by atoms with Crippen molar-refractivity contribution >= 4 is 11.7 Å². The van der Waals surface area contributed by atoms with Crippen molar-refractivity contribution in [3.05, 3.63) is 0 Å². The SMILES string of the molecule is CC(=O)CC(C)(C)NC(=O)C(CC(C)C)C(C)C. The molecule has 0 heterocycles. The van der Waals surface area contributed by atoms with Crippen LogP contribution in [0.5, 0.6) is 0 Å². The molecule has 0 aliphatic rings. The number of nitrogens with one attached hydrogen (secondary N) is 1. The molecular weight excluding hydrogens is 226 g/mol. The van der Waals surface area contributed by atoms with E-state index in [1.54, 1.807) is 6.92 Å². The first kappa shape index (κ1) is 17.1. The molecule has 0 aliphatic carbocycles. The summed E-state index contributed by atoms with van der Waals surface area (Å²) in [7, 11) is 0. The molecule has 3 nitrogen and oxygen atoms in total. The Balaban J connectivity index is 4.64. The van der Waals surface area contributed by atoms with Gasteiger partial charge < -0.3 is 5.32 Å². The summed E-state index contributed by atoms with van der Waals surface area (Å²) < 4.78 is 0. The van der Waals surface area contributed by atoms with Crippen LogP contribution in [0.1, 0.15) is 61.3 Å². The number of hydrogen-bond acceptors (Lipinski definition) is 2. The molecule has 1 atom stereocenters. The lowest BCUT2D eigenvalue weighted by Gasteiger charge is -2.30. The molecule has 1 amide bonds. The van der Waals surface area contributed by atoms with E-state index in [0.29, 0.717) is 18.3 Å². The van der Waals surface area contributed by atoms with Crippen LogP contribution in [0.3, 0.4) is 0 Å². The van der Waals surface area contributed by atoms with Crippen LogP contribution < -0.4 is 5.32 Å². The molecule has 106 valence electrons. The molecule has 1 unspecified atom stereocenters. The van der Waals surface area contributed by atoms with Gasteiger partial charge in [0.2, 0.25) is 5.91 Å². The largest absolute Gasteiger partial charge is 0.351 e. The number of amides is 1. The van der Waals surface area contributed by atoms with Gasteiger partial charge in [-0.05, 0) is 39.0 Å². The molecule has 0 aromatic carbocycles. The van der Waals surface area contributed by atoms with Gasteiger partial charge in [-0.15, -0.1) is 0 Å². The van der Waals surface area contributed by atoms with Gasteiger partial charge in [0.15, 0.2) is 0 Å². The average molecular weight is 255 g/mol. The summed E-state index contributed by atoms with van der Waals surface area (Å²) in [4.78, 5) is 23.5. The van der Waals surface area contributed by atoms with E-state index in [9.17, 15) is 9.59 Å². The lowest BCUT2D eigenvalue weighted by Crippen LogP contribution is -2.48. The van der Waals surface area contributed by atoms with Crippen molar-refractivity contribution in [1.29, 1.82) is 0 Å². The second-order valence-electron chi connectivity index (χ2n) is 6.73. The smallest absolute Gasteiger partial charge is 0.223 e. The van der Waals surface area contributed by atoms with Gasteiger partial charge in [0.25, 0.3) is 0 Å². The van der Waals surface area contributed by atoms with E-state index in [-0.39, 0.29) is 17.6 Å². The molecular formula is C15H29NO2. The Morgan fingerprint density at radius 2 is 1.61 bits per heavy atom. The van der Waals surface area contributed by atoms with E-state index >= 15 is 0 Å². The monoisotopic (exact) mass is 255 g/mol. The molecule has 1 N–H and O–H groups in total. The fraction of sp³-hybridized carbons (Fsp3) is 0.867. The minimum absolute atomic E-state index is 0.0243. The minimum atomic E-state index is -0.451. The van der Waals surface area contributed by atoms with Crippen LogP contribution in [0.4, 0.5) is 0 Å². The van der Waals surface area contributed by atoms with Gasteiger partial charge in [-0.2, -0.15) is 0 Å². The van der Waals surface area contributed by atoms with Gasteiger partial charge in [-0.3, -0.25) is 9.59 Å². The van der Waals surface area contributed by atoms with Crippen LogP contribution >= 0.6 is 0 Å². The van der Waals surface area contributed by atoms with Crippen LogP contribution in [-0.2, 0) is 9.59 Å².